The Morgan fingerprint density at radius 3 is 2.65 bits per heavy atom. The standard InChI is InChI=1S/C14H21N3O2S/c1-9(2)19-13-12(16)11(7-15)20-14(13)17-5-3-10(8-18)4-6-17/h9-10,18H,3-6,8,16H2,1-2H3. The normalized spacial score (nSPS) is 16.4. The monoisotopic (exact) mass is 295 g/mol. The van der Waals surface area contributed by atoms with Crippen molar-refractivity contribution in [3.05, 3.63) is 4.88 Å². The van der Waals surface area contributed by atoms with Gasteiger partial charge in [-0.05, 0) is 32.6 Å². The van der Waals surface area contributed by atoms with E-state index >= 15 is 0 Å². The van der Waals surface area contributed by atoms with E-state index in [1.165, 1.54) is 11.3 Å². The van der Waals surface area contributed by atoms with E-state index in [1.54, 1.807) is 0 Å². The molecule has 0 radical (unpaired) electrons. The third-order valence-electron chi connectivity index (χ3n) is 3.50. The van der Waals surface area contributed by atoms with Crippen molar-refractivity contribution in [1.82, 2.24) is 0 Å². The highest BCUT2D eigenvalue weighted by Crippen LogP contribution is 2.46. The Labute approximate surface area is 123 Å². The van der Waals surface area contributed by atoms with Gasteiger partial charge in [-0.1, -0.05) is 0 Å². The molecule has 3 N–H and O–H groups in total. The average molecular weight is 295 g/mol. The zero-order valence-corrected chi connectivity index (χ0v) is 12.7. The van der Waals surface area contributed by atoms with E-state index < -0.39 is 0 Å². The number of hydrogen-bond donors (Lipinski definition) is 2. The molecule has 5 nitrogen and oxygen atoms in total. The highest BCUT2D eigenvalue weighted by atomic mass is 32.1. The number of thiophene rings is 1. The SMILES string of the molecule is CC(C)Oc1c(N2CCC(CO)CC2)sc(C#N)c1N. The van der Waals surface area contributed by atoms with Crippen LogP contribution in [0.2, 0.25) is 0 Å². The molecule has 1 aliphatic rings. The van der Waals surface area contributed by atoms with Crippen LogP contribution in [0.1, 0.15) is 31.6 Å². The molecule has 0 amide bonds. The minimum absolute atomic E-state index is 0.0205. The molecule has 0 bridgehead atoms. The van der Waals surface area contributed by atoms with Crippen LogP contribution in [0.25, 0.3) is 0 Å². The van der Waals surface area contributed by atoms with Gasteiger partial charge >= 0.3 is 0 Å². The number of rotatable bonds is 4. The third kappa shape index (κ3) is 3.00. The molecular formula is C14H21N3O2S. The Bertz CT molecular complexity index is 499. The molecular weight excluding hydrogens is 274 g/mol. The van der Waals surface area contributed by atoms with Gasteiger partial charge in [-0.15, -0.1) is 11.3 Å². The molecule has 6 heteroatoms. The van der Waals surface area contributed by atoms with Crippen molar-refractivity contribution in [1.29, 1.82) is 5.26 Å². The van der Waals surface area contributed by atoms with Crippen molar-refractivity contribution in [2.45, 2.75) is 32.8 Å². The summed E-state index contributed by atoms with van der Waals surface area (Å²) < 4.78 is 5.81. The number of nitrogen functional groups attached to an aromatic ring is 1. The second-order valence-corrected chi connectivity index (χ2v) is 6.37. The number of ether oxygens (including phenoxy) is 1. The van der Waals surface area contributed by atoms with Crippen molar-refractivity contribution in [2.75, 3.05) is 30.3 Å². The van der Waals surface area contributed by atoms with Crippen molar-refractivity contribution in [3.63, 3.8) is 0 Å². The molecule has 2 rings (SSSR count). The van der Waals surface area contributed by atoms with Crippen LogP contribution in [-0.2, 0) is 0 Å². The van der Waals surface area contributed by atoms with Crippen LogP contribution >= 0.6 is 11.3 Å². The van der Waals surface area contributed by atoms with Gasteiger partial charge in [0, 0.05) is 19.7 Å². The quantitative estimate of drug-likeness (QED) is 0.889. The van der Waals surface area contributed by atoms with Gasteiger partial charge in [0.05, 0.1) is 6.10 Å². The number of hydrogen-bond acceptors (Lipinski definition) is 6. The van der Waals surface area contributed by atoms with Crippen LogP contribution < -0.4 is 15.4 Å². The highest BCUT2D eigenvalue weighted by Gasteiger charge is 2.26. The molecule has 0 aliphatic carbocycles. The van der Waals surface area contributed by atoms with E-state index in [0.717, 1.165) is 30.9 Å². The van der Waals surface area contributed by atoms with E-state index in [1.807, 2.05) is 13.8 Å². The fourth-order valence-corrected chi connectivity index (χ4v) is 3.38. The van der Waals surface area contributed by atoms with Gasteiger partial charge in [-0.25, -0.2) is 0 Å². The molecule has 1 aromatic heterocycles. The van der Waals surface area contributed by atoms with E-state index in [4.69, 9.17) is 15.7 Å². The molecule has 0 atom stereocenters. The third-order valence-corrected chi connectivity index (χ3v) is 4.65. The van der Waals surface area contributed by atoms with Crippen molar-refractivity contribution in [3.8, 4) is 11.8 Å². The minimum Gasteiger partial charge on any atom is -0.486 e. The summed E-state index contributed by atoms with van der Waals surface area (Å²) in [5, 5.41) is 19.3. The Hall–Kier alpha value is -1.45. The molecule has 0 aromatic carbocycles. The van der Waals surface area contributed by atoms with Crippen molar-refractivity contribution < 1.29 is 9.84 Å². The van der Waals surface area contributed by atoms with Gasteiger partial charge in [-0.2, -0.15) is 5.26 Å². The molecule has 1 saturated heterocycles. The van der Waals surface area contributed by atoms with Gasteiger partial charge in [0.15, 0.2) is 5.75 Å². The molecule has 20 heavy (non-hydrogen) atoms. The van der Waals surface area contributed by atoms with Gasteiger partial charge in [-0.3, -0.25) is 0 Å². The average Bonchev–Trinajstić information content (AvgIpc) is 2.75. The first-order valence-electron chi connectivity index (χ1n) is 6.91. The fraction of sp³-hybridized carbons (Fsp3) is 0.643. The number of piperidine rings is 1. The van der Waals surface area contributed by atoms with Crippen LogP contribution in [0.5, 0.6) is 5.75 Å². The molecule has 0 spiro atoms. The Balaban J connectivity index is 2.24. The maximum absolute atomic E-state index is 9.20. The van der Waals surface area contributed by atoms with E-state index in [9.17, 15) is 5.11 Å². The van der Waals surface area contributed by atoms with E-state index in [-0.39, 0.29) is 12.7 Å². The lowest BCUT2D eigenvalue weighted by Crippen LogP contribution is -2.34. The lowest BCUT2D eigenvalue weighted by molar-refractivity contribution is 0.202. The van der Waals surface area contributed by atoms with Crippen LogP contribution in [0.3, 0.4) is 0 Å². The maximum atomic E-state index is 9.20. The predicted molar refractivity (Wildman–Crippen MR) is 81.2 cm³/mol. The van der Waals surface area contributed by atoms with E-state index in [2.05, 4.69) is 11.0 Å². The Kier molecular flexibility index (Phi) is 4.73. The summed E-state index contributed by atoms with van der Waals surface area (Å²) in [4.78, 5) is 2.73. The predicted octanol–water partition coefficient (Wildman–Crippen LogP) is 2.20. The van der Waals surface area contributed by atoms with Crippen LogP contribution in [0, 0.1) is 17.2 Å². The van der Waals surface area contributed by atoms with Gasteiger partial charge < -0.3 is 20.5 Å². The number of nitrogens with two attached hydrogens (primary N) is 1. The summed E-state index contributed by atoms with van der Waals surface area (Å²) in [5.41, 5.74) is 6.47. The minimum atomic E-state index is 0.0205. The summed E-state index contributed by atoms with van der Waals surface area (Å²) in [6.07, 6.45) is 1.93. The van der Waals surface area contributed by atoms with Gasteiger partial charge in [0.25, 0.3) is 0 Å². The first kappa shape index (κ1) is 14.9. The number of aliphatic hydroxyl groups excluding tert-OH is 1. The second-order valence-electron chi connectivity index (χ2n) is 5.37. The second kappa shape index (κ2) is 6.33. The van der Waals surface area contributed by atoms with Gasteiger partial charge in [0.1, 0.15) is 21.6 Å². The summed E-state index contributed by atoms with van der Waals surface area (Å²) in [6, 6.07) is 2.14. The van der Waals surface area contributed by atoms with Crippen LogP contribution in [-0.4, -0.2) is 30.9 Å². The number of nitriles is 1. The van der Waals surface area contributed by atoms with Crippen LogP contribution in [0.15, 0.2) is 0 Å². The largest absolute Gasteiger partial charge is 0.486 e. The van der Waals surface area contributed by atoms with Crippen molar-refractivity contribution >= 4 is 22.0 Å². The molecule has 1 aromatic rings. The number of nitrogens with zero attached hydrogens (tertiary/aromatic N) is 2. The molecule has 110 valence electrons. The zero-order chi connectivity index (χ0) is 14.7. The summed E-state index contributed by atoms with van der Waals surface area (Å²) in [5.74, 6) is 1.03. The molecule has 1 aliphatic heterocycles. The molecule has 1 fully saturated rings. The summed E-state index contributed by atoms with van der Waals surface area (Å²) in [7, 11) is 0. The summed E-state index contributed by atoms with van der Waals surface area (Å²) >= 11 is 1.40. The molecule has 2 heterocycles. The van der Waals surface area contributed by atoms with E-state index in [0.29, 0.717) is 22.2 Å². The first-order valence-corrected chi connectivity index (χ1v) is 7.73. The van der Waals surface area contributed by atoms with Crippen molar-refractivity contribution in [2.24, 2.45) is 5.92 Å². The number of anilines is 2. The molecule has 0 unspecified atom stereocenters. The summed E-state index contributed by atoms with van der Waals surface area (Å²) in [6.45, 7) is 5.88. The maximum Gasteiger partial charge on any atom is 0.178 e. The molecule has 0 saturated carbocycles. The number of aliphatic hydroxyl groups is 1. The smallest absolute Gasteiger partial charge is 0.178 e. The zero-order valence-electron chi connectivity index (χ0n) is 11.9. The lowest BCUT2D eigenvalue weighted by Gasteiger charge is -2.32. The first-order chi connectivity index (χ1) is 9.56. The van der Waals surface area contributed by atoms with Gasteiger partial charge in [0.2, 0.25) is 0 Å². The van der Waals surface area contributed by atoms with Crippen LogP contribution in [0.4, 0.5) is 10.7 Å². The fourth-order valence-electron chi connectivity index (χ4n) is 2.38. The Morgan fingerprint density at radius 2 is 2.15 bits per heavy atom. The topological polar surface area (TPSA) is 82.5 Å². The lowest BCUT2D eigenvalue weighted by atomic mass is 9.98. The highest BCUT2D eigenvalue weighted by molar-refractivity contribution is 7.17. The Morgan fingerprint density at radius 1 is 1.50 bits per heavy atom.